The van der Waals surface area contributed by atoms with Crippen LogP contribution in [0.4, 0.5) is 4.39 Å². The highest BCUT2D eigenvalue weighted by Crippen LogP contribution is 2.25. The summed E-state index contributed by atoms with van der Waals surface area (Å²) in [5, 5.41) is 3.37. The lowest BCUT2D eigenvalue weighted by atomic mass is 10.1. The van der Waals surface area contributed by atoms with Crippen molar-refractivity contribution in [2.75, 3.05) is 0 Å². The summed E-state index contributed by atoms with van der Waals surface area (Å²) in [6, 6.07) is 14.1. The van der Waals surface area contributed by atoms with Crippen LogP contribution in [0.5, 0.6) is 0 Å². The molecule has 4 rings (SSSR count). The minimum atomic E-state index is -0.355. The highest BCUT2D eigenvalue weighted by atomic mass is 19.1. The lowest BCUT2D eigenvalue weighted by molar-refractivity contribution is -0.121. The minimum absolute atomic E-state index is 0.135. The molecule has 164 valence electrons. The van der Waals surface area contributed by atoms with Crippen LogP contribution in [0.25, 0.3) is 16.7 Å². The molecular formula is C25H25FN4O2. The van der Waals surface area contributed by atoms with Gasteiger partial charge < -0.3 is 5.32 Å². The van der Waals surface area contributed by atoms with Crippen molar-refractivity contribution >= 4 is 16.9 Å². The molecule has 2 aromatic carbocycles. The number of carbonyl (C=O) groups excluding carboxylic acids is 1. The molecule has 4 aromatic rings. The highest BCUT2D eigenvalue weighted by molar-refractivity contribution is 5.83. The maximum atomic E-state index is 13.8. The van der Waals surface area contributed by atoms with Gasteiger partial charge in [0.2, 0.25) is 5.91 Å². The fraction of sp³-hybridized carbons (Fsp3) is 0.240. The summed E-state index contributed by atoms with van der Waals surface area (Å²) in [5.41, 5.74) is 4.67. The molecule has 0 aliphatic carbocycles. The van der Waals surface area contributed by atoms with Crippen LogP contribution in [-0.4, -0.2) is 20.0 Å². The number of halogens is 1. The summed E-state index contributed by atoms with van der Waals surface area (Å²) in [5.74, 6) is -0.491. The largest absolute Gasteiger partial charge is 0.352 e. The van der Waals surface area contributed by atoms with E-state index < -0.39 is 0 Å². The molecule has 7 heteroatoms. The molecule has 1 N–H and O–H groups in total. The van der Waals surface area contributed by atoms with Crippen molar-refractivity contribution in [3.63, 3.8) is 0 Å². The van der Waals surface area contributed by atoms with Gasteiger partial charge in [-0.2, -0.15) is 0 Å². The lowest BCUT2D eigenvalue weighted by Gasteiger charge is -2.09. The first-order valence-corrected chi connectivity index (χ1v) is 10.5. The second-order valence-corrected chi connectivity index (χ2v) is 7.98. The van der Waals surface area contributed by atoms with E-state index in [9.17, 15) is 14.0 Å². The Bertz CT molecular complexity index is 1370. The summed E-state index contributed by atoms with van der Waals surface area (Å²) in [7, 11) is 0. The first-order valence-electron chi connectivity index (χ1n) is 10.5. The minimum Gasteiger partial charge on any atom is -0.352 e. The monoisotopic (exact) mass is 432 g/mol. The Morgan fingerprint density at radius 2 is 1.88 bits per heavy atom. The van der Waals surface area contributed by atoms with Crippen molar-refractivity contribution in [1.29, 1.82) is 0 Å². The third-order valence-electron chi connectivity index (χ3n) is 5.70. The molecule has 6 nitrogen and oxygen atoms in total. The van der Waals surface area contributed by atoms with Gasteiger partial charge in [-0.15, -0.1) is 0 Å². The normalized spacial score (nSPS) is 11.1. The van der Waals surface area contributed by atoms with E-state index in [-0.39, 0.29) is 30.2 Å². The first-order chi connectivity index (χ1) is 15.3. The topological polar surface area (TPSA) is 68.9 Å². The Hall–Kier alpha value is -3.74. The van der Waals surface area contributed by atoms with E-state index in [4.69, 9.17) is 0 Å². The lowest BCUT2D eigenvalue weighted by Crippen LogP contribution is -2.27. The number of hydrogen-bond donors (Lipinski definition) is 1. The van der Waals surface area contributed by atoms with Crippen LogP contribution >= 0.6 is 0 Å². The van der Waals surface area contributed by atoms with Gasteiger partial charge in [0, 0.05) is 25.2 Å². The third kappa shape index (κ3) is 4.19. The van der Waals surface area contributed by atoms with Crippen molar-refractivity contribution in [1.82, 2.24) is 19.4 Å². The summed E-state index contributed by atoms with van der Waals surface area (Å²) < 4.78 is 17.0. The van der Waals surface area contributed by atoms with E-state index in [2.05, 4.69) is 10.3 Å². The molecule has 0 bridgehead atoms. The molecule has 32 heavy (non-hydrogen) atoms. The molecule has 0 atom stereocenters. The van der Waals surface area contributed by atoms with Gasteiger partial charge >= 0.3 is 0 Å². The Balaban J connectivity index is 1.54. The van der Waals surface area contributed by atoms with Gasteiger partial charge in [0.15, 0.2) is 5.65 Å². The molecule has 0 radical (unpaired) electrons. The van der Waals surface area contributed by atoms with Crippen molar-refractivity contribution in [3.8, 4) is 5.69 Å². The van der Waals surface area contributed by atoms with Crippen LogP contribution in [0.15, 0.2) is 59.7 Å². The summed E-state index contributed by atoms with van der Waals surface area (Å²) in [6.07, 6.45) is 1.62. The molecule has 0 aliphatic rings. The van der Waals surface area contributed by atoms with E-state index in [1.165, 1.54) is 23.0 Å². The standard InChI is InChI=1S/C25H25FN4O2/c1-16-6-4-7-19(12-16)14-27-22(31)10-11-29-15-28-24-23(25(29)32)17(2)18(3)30(24)21-9-5-8-20(26)13-21/h4-9,12-13,15H,10-11,14H2,1-3H3,(H,27,31). The molecule has 0 saturated heterocycles. The van der Waals surface area contributed by atoms with Crippen LogP contribution in [0.1, 0.15) is 28.8 Å². The zero-order valence-electron chi connectivity index (χ0n) is 18.4. The number of benzene rings is 2. The van der Waals surface area contributed by atoms with Gasteiger partial charge in [0.25, 0.3) is 5.56 Å². The maximum absolute atomic E-state index is 13.8. The van der Waals surface area contributed by atoms with E-state index in [1.54, 1.807) is 16.7 Å². The summed E-state index contributed by atoms with van der Waals surface area (Å²) in [6.45, 7) is 6.42. The summed E-state index contributed by atoms with van der Waals surface area (Å²) in [4.78, 5) is 29.9. The third-order valence-corrected chi connectivity index (χ3v) is 5.70. The van der Waals surface area contributed by atoms with Gasteiger partial charge in [-0.1, -0.05) is 35.9 Å². The van der Waals surface area contributed by atoms with Crippen molar-refractivity contribution < 1.29 is 9.18 Å². The Morgan fingerprint density at radius 3 is 2.62 bits per heavy atom. The van der Waals surface area contributed by atoms with Crippen LogP contribution < -0.4 is 10.9 Å². The van der Waals surface area contributed by atoms with Gasteiger partial charge in [-0.25, -0.2) is 9.37 Å². The number of amides is 1. The van der Waals surface area contributed by atoms with E-state index >= 15 is 0 Å². The Labute approximate surface area is 185 Å². The Morgan fingerprint density at radius 1 is 1.09 bits per heavy atom. The van der Waals surface area contributed by atoms with Gasteiger partial charge in [0.1, 0.15) is 5.82 Å². The highest BCUT2D eigenvalue weighted by Gasteiger charge is 2.18. The van der Waals surface area contributed by atoms with E-state index in [1.807, 2.05) is 45.0 Å². The van der Waals surface area contributed by atoms with Crippen LogP contribution in [0, 0.1) is 26.6 Å². The second kappa shape index (κ2) is 8.78. The van der Waals surface area contributed by atoms with Crippen LogP contribution in [0.2, 0.25) is 0 Å². The smallest absolute Gasteiger partial charge is 0.263 e. The number of rotatable bonds is 6. The fourth-order valence-electron chi connectivity index (χ4n) is 3.91. The summed E-state index contributed by atoms with van der Waals surface area (Å²) >= 11 is 0. The second-order valence-electron chi connectivity index (χ2n) is 7.98. The Kier molecular flexibility index (Phi) is 5.90. The molecule has 0 unspecified atom stereocenters. The van der Waals surface area contributed by atoms with Crippen LogP contribution in [0.3, 0.4) is 0 Å². The molecule has 0 aliphatic heterocycles. The van der Waals surface area contributed by atoms with Gasteiger partial charge in [0.05, 0.1) is 17.4 Å². The zero-order valence-corrected chi connectivity index (χ0v) is 18.4. The average Bonchev–Trinajstić information content (AvgIpc) is 3.02. The number of fused-ring (bicyclic) bond motifs is 1. The quantitative estimate of drug-likeness (QED) is 0.502. The van der Waals surface area contributed by atoms with Crippen molar-refractivity contribution in [2.45, 2.75) is 40.3 Å². The van der Waals surface area contributed by atoms with Crippen molar-refractivity contribution in [2.24, 2.45) is 0 Å². The first kappa shape index (κ1) is 21.5. The molecule has 2 heterocycles. The SMILES string of the molecule is Cc1cccc(CNC(=O)CCn2cnc3c(c(C)c(C)n3-c3cccc(F)c3)c2=O)c1. The van der Waals surface area contributed by atoms with Gasteiger partial charge in [-0.05, 0) is 50.1 Å². The number of aromatic nitrogens is 3. The van der Waals surface area contributed by atoms with Gasteiger partial charge in [-0.3, -0.25) is 18.7 Å². The predicted molar refractivity (Wildman–Crippen MR) is 122 cm³/mol. The van der Waals surface area contributed by atoms with E-state index in [0.717, 1.165) is 22.4 Å². The molecule has 0 saturated carbocycles. The number of hydrogen-bond acceptors (Lipinski definition) is 3. The molecule has 2 aromatic heterocycles. The molecule has 1 amide bonds. The number of carbonyl (C=O) groups is 1. The zero-order chi connectivity index (χ0) is 22.8. The average molecular weight is 432 g/mol. The fourth-order valence-corrected chi connectivity index (χ4v) is 3.91. The molecule has 0 spiro atoms. The number of nitrogens with zero attached hydrogens (tertiary/aromatic N) is 3. The maximum Gasteiger partial charge on any atom is 0.263 e. The van der Waals surface area contributed by atoms with E-state index in [0.29, 0.717) is 23.3 Å². The number of aryl methyl sites for hydroxylation is 3. The predicted octanol–water partition coefficient (Wildman–Crippen LogP) is 3.96. The van der Waals surface area contributed by atoms with Crippen LogP contribution in [-0.2, 0) is 17.9 Å². The van der Waals surface area contributed by atoms with Crippen molar-refractivity contribution in [3.05, 3.63) is 93.4 Å². The molecular weight excluding hydrogens is 407 g/mol. The number of nitrogens with one attached hydrogen (secondary N) is 1. The molecule has 0 fully saturated rings.